The van der Waals surface area contributed by atoms with Crippen LogP contribution in [0.15, 0.2) is 23.5 Å². The zero-order valence-electron chi connectivity index (χ0n) is 8.76. The summed E-state index contributed by atoms with van der Waals surface area (Å²) in [5.41, 5.74) is 6.34. The molecule has 1 heterocycles. The molecule has 2 unspecified atom stereocenters. The lowest BCUT2D eigenvalue weighted by Crippen LogP contribution is -2.49. The highest BCUT2D eigenvalue weighted by atomic mass is 35.5. The average Bonchev–Trinajstić information content (AvgIpc) is 2.27. The van der Waals surface area contributed by atoms with Gasteiger partial charge in [-0.3, -0.25) is 0 Å². The number of halogens is 1. The SMILES string of the molecule is CC(N)C1COc2c(Cl)cccc2N1N=O. The molecular weight excluding hydrogens is 230 g/mol. The number of rotatable bonds is 2. The number of fused-ring (bicyclic) bond motifs is 1. The van der Waals surface area contributed by atoms with E-state index in [1.54, 1.807) is 18.2 Å². The Balaban J connectivity index is 2.45. The summed E-state index contributed by atoms with van der Waals surface area (Å²) in [6, 6.07) is 4.70. The van der Waals surface area contributed by atoms with Crippen LogP contribution in [0.2, 0.25) is 5.02 Å². The van der Waals surface area contributed by atoms with E-state index in [0.29, 0.717) is 23.1 Å². The van der Waals surface area contributed by atoms with Crippen molar-refractivity contribution in [3.8, 4) is 5.75 Å². The van der Waals surface area contributed by atoms with Crippen LogP contribution >= 0.6 is 11.6 Å². The van der Waals surface area contributed by atoms with E-state index in [9.17, 15) is 4.91 Å². The van der Waals surface area contributed by atoms with E-state index in [4.69, 9.17) is 22.1 Å². The Labute approximate surface area is 98.1 Å². The Morgan fingerprint density at radius 3 is 3.06 bits per heavy atom. The molecule has 2 rings (SSSR count). The summed E-state index contributed by atoms with van der Waals surface area (Å²) in [5.74, 6) is 0.487. The van der Waals surface area contributed by atoms with Crippen molar-refractivity contribution in [2.45, 2.75) is 19.0 Å². The van der Waals surface area contributed by atoms with E-state index < -0.39 is 0 Å². The quantitative estimate of drug-likeness (QED) is 0.804. The van der Waals surface area contributed by atoms with Gasteiger partial charge in [0.05, 0.1) is 10.3 Å². The molecule has 6 heteroatoms. The first-order valence-corrected chi connectivity index (χ1v) is 5.32. The van der Waals surface area contributed by atoms with Gasteiger partial charge in [-0.15, -0.1) is 4.91 Å². The predicted octanol–water partition coefficient (Wildman–Crippen LogP) is 1.94. The molecule has 0 amide bonds. The van der Waals surface area contributed by atoms with Gasteiger partial charge in [0.2, 0.25) is 0 Å². The summed E-state index contributed by atoms with van der Waals surface area (Å²) in [4.78, 5) is 10.9. The van der Waals surface area contributed by atoms with E-state index in [2.05, 4.69) is 5.29 Å². The van der Waals surface area contributed by atoms with E-state index in [0.717, 1.165) is 0 Å². The van der Waals surface area contributed by atoms with Crippen LogP contribution in [0.1, 0.15) is 6.92 Å². The van der Waals surface area contributed by atoms with Crippen LogP contribution in [-0.2, 0) is 0 Å². The molecule has 86 valence electrons. The van der Waals surface area contributed by atoms with Crippen molar-refractivity contribution < 1.29 is 4.74 Å². The van der Waals surface area contributed by atoms with E-state index >= 15 is 0 Å². The first-order chi connectivity index (χ1) is 7.65. The van der Waals surface area contributed by atoms with Crippen LogP contribution in [0.5, 0.6) is 5.75 Å². The second kappa shape index (κ2) is 4.27. The fourth-order valence-corrected chi connectivity index (χ4v) is 1.94. The normalized spacial score (nSPS) is 20.9. The Morgan fingerprint density at radius 1 is 1.69 bits per heavy atom. The topological polar surface area (TPSA) is 67.9 Å². The van der Waals surface area contributed by atoms with Gasteiger partial charge in [-0.05, 0) is 19.1 Å². The Morgan fingerprint density at radius 2 is 2.44 bits per heavy atom. The average molecular weight is 242 g/mol. The third kappa shape index (κ3) is 1.72. The predicted molar refractivity (Wildman–Crippen MR) is 62.7 cm³/mol. The minimum Gasteiger partial charge on any atom is -0.487 e. The lowest BCUT2D eigenvalue weighted by atomic mass is 10.1. The van der Waals surface area contributed by atoms with Crippen LogP contribution in [0, 0.1) is 4.91 Å². The number of nitrogens with zero attached hydrogens (tertiary/aromatic N) is 2. The Hall–Kier alpha value is -1.33. The third-order valence-corrected chi connectivity index (χ3v) is 2.90. The van der Waals surface area contributed by atoms with E-state index in [1.807, 2.05) is 6.92 Å². The van der Waals surface area contributed by atoms with Crippen molar-refractivity contribution in [3.63, 3.8) is 0 Å². The monoisotopic (exact) mass is 241 g/mol. The van der Waals surface area contributed by atoms with Crippen LogP contribution in [0.25, 0.3) is 0 Å². The standard InChI is InChI=1S/C10H12ClN3O2/c1-6(12)9-5-16-10-7(11)3-2-4-8(10)14(9)13-15/h2-4,6,9H,5,12H2,1H3. The minimum atomic E-state index is -0.261. The number of hydrogen-bond acceptors (Lipinski definition) is 4. The van der Waals surface area contributed by atoms with Crippen molar-refractivity contribution in [3.05, 3.63) is 28.1 Å². The van der Waals surface area contributed by atoms with Gasteiger partial charge in [-0.2, -0.15) is 0 Å². The smallest absolute Gasteiger partial charge is 0.163 e. The molecule has 1 aliphatic heterocycles. The molecule has 1 aliphatic rings. The van der Waals surface area contributed by atoms with Crippen molar-refractivity contribution in [1.29, 1.82) is 0 Å². The highest BCUT2D eigenvalue weighted by molar-refractivity contribution is 6.32. The highest BCUT2D eigenvalue weighted by Crippen LogP contribution is 2.39. The fourth-order valence-electron chi connectivity index (χ4n) is 1.72. The van der Waals surface area contributed by atoms with Crippen molar-refractivity contribution >= 4 is 17.3 Å². The van der Waals surface area contributed by atoms with Gasteiger partial charge in [-0.25, -0.2) is 5.01 Å². The molecule has 1 aromatic rings. The number of nitrogens with two attached hydrogens (primary N) is 1. The van der Waals surface area contributed by atoms with Crippen LogP contribution < -0.4 is 15.5 Å². The van der Waals surface area contributed by atoms with Gasteiger partial charge < -0.3 is 10.5 Å². The second-order valence-corrected chi connectivity index (χ2v) is 4.16. The minimum absolute atomic E-state index is 0.218. The Bertz CT molecular complexity index is 411. The molecule has 0 spiro atoms. The van der Waals surface area contributed by atoms with Gasteiger partial charge in [-0.1, -0.05) is 17.7 Å². The largest absolute Gasteiger partial charge is 0.487 e. The summed E-state index contributed by atoms with van der Waals surface area (Å²) in [5, 5.41) is 4.79. The van der Waals surface area contributed by atoms with Gasteiger partial charge in [0.15, 0.2) is 5.75 Å². The van der Waals surface area contributed by atoms with Gasteiger partial charge >= 0.3 is 0 Å². The van der Waals surface area contributed by atoms with Gasteiger partial charge in [0.1, 0.15) is 18.3 Å². The maximum atomic E-state index is 10.9. The molecular formula is C10H12ClN3O2. The number of benzene rings is 1. The third-order valence-electron chi connectivity index (χ3n) is 2.60. The summed E-state index contributed by atoms with van der Waals surface area (Å²) < 4.78 is 5.51. The Kier molecular flexibility index (Phi) is 2.98. The molecule has 0 aliphatic carbocycles. The number of anilines is 1. The molecule has 0 saturated heterocycles. The molecule has 0 bridgehead atoms. The zero-order chi connectivity index (χ0) is 11.7. The van der Waals surface area contributed by atoms with Crippen molar-refractivity contribution in [2.75, 3.05) is 11.6 Å². The molecule has 0 radical (unpaired) electrons. The highest BCUT2D eigenvalue weighted by Gasteiger charge is 2.32. The number of ether oxygens (including phenoxy) is 1. The van der Waals surface area contributed by atoms with E-state index in [-0.39, 0.29) is 12.1 Å². The molecule has 5 nitrogen and oxygen atoms in total. The van der Waals surface area contributed by atoms with Crippen molar-refractivity contribution in [1.82, 2.24) is 0 Å². The molecule has 16 heavy (non-hydrogen) atoms. The molecule has 0 aromatic heterocycles. The zero-order valence-corrected chi connectivity index (χ0v) is 9.52. The van der Waals surface area contributed by atoms with Crippen molar-refractivity contribution in [2.24, 2.45) is 11.0 Å². The summed E-state index contributed by atoms with van der Waals surface area (Å²) >= 11 is 5.97. The molecule has 2 atom stereocenters. The van der Waals surface area contributed by atoms with E-state index in [1.165, 1.54) is 5.01 Å². The fraction of sp³-hybridized carbons (Fsp3) is 0.400. The van der Waals surface area contributed by atoms with Crippen LogP contribution in [-0.4, -0.2) is 18.7 Å². The number of hydrogen-bond donors (Lipinski definition) is 1. The molecule has 2 N–H and O–H groups in total. The van der Waals surface area contributed by atoms with Crippen LogP contribution in [0.4, 0.5) is 5.69 Å². The second-order valence-electron chi connectivity index (χ2n) is 3.75. The molecule has 0 fully saturated rings. The summed E-state index contributed by atoms with van der Waals surface area (Å²) in [6.07, 6.45) is 0. The number of nitroso groups, excluding NO2 is 1. The maximum absolute atomic E-state index is 10.9. The molecule has 0 saturated carbocycles. The van der Waals surface area contributed by atoms with Gasteiger partial charge in [0, 0.05) is 6.04 Å². The summed E-state index contributed by atoms with van der Waals surface area (Å²) in [6.45, 7) is 2.11. The van der Waals surface area contributed by atoms with Crippen LogP contribution in [0.3, 0.4) is 0 Å². The lowest BCUT2D eigenvalue weighted by Gasteiger charge is -2.34. The summed E-state index contributed by atoms with van der Waals surface area (Å²) in [7, 11) is 0. The molecule has 1 aromatic carbocycles. The lowest BCUT2D eigenvalue weighted by molar-refractivity contribution is 0.248. The maximum Gasteiger partial charge on any atom is 0.163 e. The number of para-hydroxylation sites is 1. The first-order valence-electron chi connectivity index (χ1n) is 4.94. The first kappa shape index (κ1) is 11.2. The van der Waals surface area contributed by atoms with Gasteiger partial charge in [0.25, 0.3) is 0 Å².